The smallest absolute Gasteiger partial charge is 0.00200 e. The fraction of sp³-hybridized carbons (Fsp3) is 0.357. The maximum atomic E-state index is 2.30. The Labute approximate surface area is 171 Å². The highest BCUT2D eigenvalue weighted by Gasteiger charge is 2.20. The van der Waals surface area contributed by atoms with Crippen LogP contribution in [0.3, 0.4) is 0 Å². The molecule has 0 unspecified atom stereocenters. The first kappa shape index (κ1) is 20.4. The van der Waals surface area contributed by atoms with E-state index >= 15 is 0 Å². The average Bonchev–Trinajstić information content (AvgIpc) is 2.62. The number of hydrogen-bond donors (Lipinski definition) is 0. The van der Waals surface area contributed by atoms with E-state index < -0.39 is 0 Å². The topological polar surface area (TPSA) is 0 Å². The highest BCUT2D eigenvalue weighted by atomic mass is 14.2. The first-order valence-electron chi connectivity index (χ1n) is 10.4. The van der Waals surface area contributed by atoms with Crippen molar-refractivity contribution in [3.8, 4) is 0 Å². The molecule has 0 aromatic heterocycles. The van der Waals surface area contributed by atoms with Crippen LogP contribution >= 0.6 is 0 Å². The Kier molecular flexibility index (Phi) is 5.79. The molecule has 0 aliphatic heterocycles. The second kappa shape index (κ2) is 7.95. The van der Waals surface area contributed by atoms with Gasteiger partial charge in [-0.3, -0.25) is 0 Å². The van der Waals surface area contributed by atoms with E-state index in [0.717, 1.165) is 12.8 Å². The molecule has 3 rings (SSSR count). The maximum Gasteiger partial charge on any atom is -0.00200 e. The summed E-state index contributed by atoms with van der Waals surface area (Å²) in [6, 6.07) is 26.8. The zero-order chi connectivity index (χ0) is 20.4. The van der Waals surface area contributed by atoms with Crippen LogP contribution in [0.25, 0.3) is 0 Å². The molecule has 0 fully saturated rings. The Balaban J connectivity index is 1.97. The zero-order valence-corrected chi connectivity index (χ0v) is 18.3. The fourth-order valence-corrected chi connectivity index (χ4v) is 4.13. The molecule has 0 atom stereocenters. The second-order valence-electron chi connectivity index (χ2n) is 9.94. The Morgan fingerprint density at radius 2 is 0.714 bits per heavy atom. The molecule has 0 amide bonds. The Morgan fingerprint density at radius 1 is 0.429 bits per heavy atom. The summed E-state index contributed by atoms with van der Waals surface area (Å²) in [5, 5.41) is 0. The van der Waals surface area contributed by atoms with Gasteiger partial charge in [0.05, 0.1) is 0 Å². The molecule has 0 heteroatoms. The van der Waals surface area contributed by atoms with Gasteiger partial charge in [-0.2, -0.15) is 0 Å². The summed E-state index contributed by atoms with van der Waals surface area (Å²) >= 11 is 0. The summed E-state index contributed by atoms with van der Waals surface area (Å²) in [6.07, 6.45) is 1.97. The van der Waals surface area contributed by atoms with Crippen LogP contribution in [0.2, 0.25) is 0 Å². The average molecular weight is 371 g/mol. The van der Waals surface area contributed by atoms with Gasteiger partial charge >= 0.3 is 0 Å². The summed E-state index contributed by atoms with van der Waals surface area (Å²) < 4.78 is 0. The standard InChI is InChI=1S/C28H34/c1-27(2,3)25-17-11-9-15-23(25)19-21-13-7-8-14-22(21)20-24-16-10-12-18-26(24)28(4,5)6/h7-18H,19-20H2,1-6H3. The van der Waals surface area contributed by atoms with Crippen molar-refractivity contribution in [2.75, 3.05) is 0 Å². The molecule has 0 heterocycles. The van der Waals surface area contributed by atoms with Crippen LogP contribution in [0.5, 0.6) is 0 Å². The van der Waals surface area contributed by atoms with Crippen LogP contribution in [0, 0.1) is 0 Å². The predicted octanol–water partition coefficient (Wildman–Crippen LogP) is 7.46. The molecule has 0 aliphatic rings. The van der Waals surface area contributed by atoms with Gasteiger partial charge in [-0.1, -0.05) is 114 Å². The summed E-state index contributed by atoms with van der Waals surface area (Å²) in [5.74, 6) is 0. The van der Waals surface area contributed by atoms with Crippen molar-refractivity contribution in [1.29, 1.82) is 0 Å². The van der Waals surface area contributed by atoms with Crippen molar-refractivity contribution < 1.29 is 0 Å². The minimum atomic E-state index is 0.157. The molecule has 28 heavy (non-hydrogen) atoms. The van der Waals surface area contributed by atoms with E-state index in [4.69, 9.17) is 0 Å². The highest BCUT2D eigenvalue weighted by Crippen LogP contribution is 2.30. The molecular formula is C28H34. The minimum Gasteiger partial charge on any atom is -0.0620 e. The Hall–Kier alpha value is -2.34. The van der Waals surface area contributed by atoms with Gasteiger partial charge < -0.3 is 0 Å². The predicted molar refractivity (Wildman–Crippen MR) is 122 cm³/mol. The van der Waals surface area contributed by atoms with E-state index in [0.29, 0.717) is 0 Å². The molecule has 0 aliphatic carbocycles. The van der Waals surface area contributed by atoms with Crippen molar-refractivity contribution in [1.82, 2.24) is 0 Å². The van der Waals surface area contributed by atoms with E-state index in [-0.39, 0.29) is 10.8 Å². The van der Waals surface area contributed by atoms with Crippen LogP contribution < -0.4 is 0 Å². The van der Waals surface area contributed by atoms with Crippen molar-refractivity contribution in [2.45, 2.75) is 65.2 Å². The summed E-state index contributed by atoms with van der Waals surface area (Å²) in [5.41, 5.74) is 8.94. The summed E-state index contributed by atoms with van der Waals surface area (Å²) in [6.45, 7) is 13.8. The van der Waals surface area contributed by atoms with Crippen LogP contribution in [-0.2, 0) is 23.7 Å². The van der Waals surface area contributed by atoms with Crippen LogP contribution in [-0.4, -0.2) is 0 Å². The SMILES string of the molecule is CC(C)(C)c1ccccc1Cc1ccccc1Cc1ccccc1C(C)(C)C. The third-order valence-corrected chi connectivity index (χ3v) is 5.53. The first-order chi connectivity index (χ1) is 13.2. The quantitative estimate of drug-likeness (QED) is 0.447. The number of benzene rings is 3. The normalized spacial score (nSPS) is 12.2. The zero-order valence-electron chi connectivity index (χ0n) is 18.3. The van der Waals surface area contributed by atoms with Crippen molar-refractivity contribution >= 4 is 0 Å². The van der Waals surface area contributed by atoms with Gasteiger partial charge in [-0.05, 0) is 57.1 Å². The molecule has 0 saturated heterocycles. The molecule has 0 spiro atoms. The molecular weight excluding hydrogens is 336 g/mol. The van der Waals surface area contributed by atoms with Gasteiger partial charge in [0.1, 0.15) is 0 Å². The molecule has 0 N–H and O–H groups in total. The monoisotopic (exact) mass is 370 g/mol. The van der Waals surface area contributed by atoms with Gasteiger partial charge in [-0.25, -0.2) is 0 Å². The lowest BCUT2D eigenvalue weighted by molar-refractivity contribution is 0.583. The third kappa shape index (κ3) is 4.73. The highest BCUT2D eigenvalue weighted by molar-refractivity contribution is 5.43. The minimum absolute atomic E-state index is 0.157. The molecule has 3 aromatic carbocycles. The molecule has 3 aromatic rings. The lowest BCUT2D eigenvalue weighted by Gasteiger charge is -2.25. The van der Waals surface area contributed by atoms with E-state index in [1.54, 1.807) is 0 Å². The van der Waals surface area contributed by atoms with E-state index in [9.17, 15) is 0 Å². The number of hydrogen-bond acceptors (Lipinski definition) is 0. The van der Waals surface area contributed by atoms with E-state index in [2.05, 4.69) is 114 Å². The molecule has 0 saturated carbocycles. The Morgan fingerprint density at radius 3 is 1.04 bits per heavy atom. The fourth-order valence-electron chi connectivity index (χ4n) is 4.13. The van der Waals surface area contributed by atoms with E-state index in [1.807, 2.05) is 0 Å². The maximum absolute atomic E-state index is 2.30. The third-order valence-electron chi connectivity index (χ3n) is 5.53. The molecule has 146 valence electrons. The van der Waals surface area contributed by atoms with Gasteiger partial charge in [0.2, 0.25) is 0 Å². The van der Waals surface area contributed by atoms with Gasteiger partial charge in [0.15, 0.2) is 0 Å². The lowest BCUT2D eigenvalue weighted by Crippen LogP contribution is -2.15. The van der Waals surface area contributed by atoms with Crippen LogP contribution in [0.1, 0.15) is 74.9 Å². The largest absolute Gasteiger partial charge is 0.0620 e. The van der Waals surface area contributed by atoms with Gasteiger partial charge in [-0.15, -0.1) is 0 Å². The molecule has 0 bridgehead atoms. The van der Waals surface area contributed by atoms with Crippen molar-refractivity contribution in [3.05, 3.63) is 106 Å². The number of rotatable bonds is 4. The lowest BCUT2D eigenvalue weighted by atomic mass is 9.80. The van der Waals surface area contributed by atoms with E-state index in [1.165, 1.54) is 33.4 Å². The van der Waals surface area contributed by atoms with Crippen LogP contribution in [0.4, 0.5) is 0 Å². The first-order valence-corrected chi connectivity index (χ1v) is 10.4. The van der Waals surface area contributed by atoms with Crippen molar-refractivity contribution in [2.24, 2.45) is 0 Å². The van der Waals surface area contributed by atoms with Gasteiger partial charge in [0.25, 0.3) is 0 Å². The van der Waals surface area contributed by atoms with Gasteiger partial charge in [0, 0.05) is 0 Å². The summed E-state index contributed by atoms with van der Waals surface area (Å²) in [7, 11) is 0. The second-order valence-corrected chi connectivity index (χ2v) is 9.94. The molecule has 0 nitrogen and oxygen atoms in total. The van der Waals surface area contributed by atoms with Crippen LogP contribution in [0.15, 0.2) is 72.8 Å². The Bertz CT molecular complexity index is 854. The van der Waals surface area contributed by atoms with Crippen molar-refractivity contribution in [3.63, 3.8) is 0 Å². The molecule has 0 radical (unpaired) electrons. The summed E-state index contributed by atoms with van der Waals surface area (Å²) in [4.78, 5) is 0.